The zero-order chi connectivity index (χ0) is 9.97. The Hall–Kier alpha value is -1.97. The summed E-state index contributed by atoms with van der Waals surface area (Å²) in [7, 11) is 0. The van der Waals surface area contributed by atoms with Crippen LogP contribution in [0.3, 0.4) is 0 Å². The number of aldehydes is 1. The van der Waals surface area contributed by atoms with Crippen LogP contribution in [-0.2, 0) is 0 Å². The van der Waals surface area contributed by atoms with Crippen molar-refractivity contribution < 1.29 is 9.32 Å². The van der Waals surface area contributed by atoms with Gasteiger partial charge in [0.1, 0.15) is 6.29 Å². The minimum Gasteiger partial charge on any atom is -0.339 e. The molecule has 70 valence electrons. The molecule has 4 nitrogen and oxygen atoms in total. The Balaban J connectivity index is 2.38. The first-order valence-electron chi connectivity index (χ1n) is 4.15. The SMILES string of the molecule is Cc1nc(-c2ccc(C=O)cc2)no1. The van der Waals surface area contributed by atoms with Gasteiger partial charge in [-0.15, -0.1) is 0 Å². The minimum atomic E-state index is 0.527. The molecular formula is C10H8N2O2. The number of benzene rings is 1. The fourth-order valence-electron chi connectivity index (χ4n) is 1.13. The second-order valence-electron chi connectivity index (χ2n) is 2.88. The van der Waals surface area contributed by atoms with Gasteiger partial charge in [0, 0.05) is 18.1 Å². The molecule has 0 spiro atoms. The van der Waals surface area contributed by atoms with Gasteiger partial charge in [0.05, 0.1) is 0 Å². The van der Waals surface area contributed by atoms with Crippen LogP contribution in [0.5, 0.6) is 0 Å². The van der Waals surface area contributed by atoms with E-state index < -0.39 is 0 Å². The summed E-state index contributed by atoms with van der Waals surface area (Å²) in [6.45, 7) is 1.73. The van der Waals surface area contributed by atoms with Crippen molar-refractivity contribution in [3.63, 3.8) is 0 Å². The number of hydrogen-bond acceptors (Lipinski definition) is 4. The van der Waals surface area contributed by atoms with E-state index >= 15 is 0 Å². The standard InChI is InChI=1S/C10H8N2O2/c1-7-11-10(12-14-7)9-4-2-8(6-13)3-5-9/h2-6H,1H3. The third-order valence-corrected chi connectivity index (χ3v) is 1.83. The van der Waals surface area contributed by atoms with E-state index in [4.69, 9.17) is 4.52 Å². The molecular weight excluding hydrogens is 180 g/mol. The highest BCUT2D eigenvalue weighted by molar-refractivity contribution is 5.76. The van der Waals surface area contributed by atoms with Crippen LogP contribution in [0.1, 0.15) is 16.2 Å². The highest BCUT2D eigenvalue weighted by Gasteiger charge is 2.04. The molecule has 0 saturated heterocycles. The molecule has 0 aliphatic rings. The van der Waals surface area contributed by atoms with E-state index in [9.17, 15) is 4.79 Å². The molecule has 0 amide bonds. The van der Waals surface area contributed by atoms with Gasteiger partial charge in [-0.1, -0.05) is 29.4 Å². The van der Waals surface area contributed by atoms with Crippen LogP contribution in [-0.4, -0.2) is 16.4 Å². The van der Waals surface area contributed by atoms with Crippen molar-refractivity contribution in [1.29, 1.82) is 0 Å². The Labute approximate surface area is 80.6 Å². The number of carbonyl (C=O) groups is 1. The summed E-state index contributed by atoms with van der Waals surface area (Å²) in [5.41, 5.74) is 1.47. The van der Waals surface area contributed by atoms with Crippen molar-refractivity contribution in [2.24, 2.45) is 0 Å². The molecule has 0 aliphatic heterocycles. The summed E-state index contributed by atoms with van der Waals surface area (Å²) in [6.07, 6.45) is 0.797. The Kier molecular flexibility index (Phi) is 2.10. The van der Waals surface area contributed by atoms with Crippen LogP contribution in [0.4, 0.5) is 0 Å². The van der Waals surface area contributed by atoms with E-state index in [2.05, 4.69) is 10.1 Å². The number of rotatable bonds is 2. The van der Waals surface area contributed by atoms with Crippen molar-refractivity contribution in [3.05, 3.63) is 35.7 Å². The fourth-order valence-corrected chi connectivity index (χ4v) is 1.13. The molecule has 0 unspecified atom stereocenters. The van der Waals surface area contributed by atoms with E-state index in [1.165, 1.54) is 0 Å². The zero-order valence-electron chi connectivity index (χ0n) is 7.60. The van der Waals surface area contributed by atoms with Gasteiger partial charge in [-0.05, 0) is 0 Å². The van der Waals surface area contributed by atoms with Crippen LogP contribution in [0.2, 0.25) is 0 Å². The Morgan fingerprint density at radius 2 is 2.00 bits per heavy atom. The number of carbonyl (C=O) groups excluding carboxylic acids is 1. The lowest BCUT2D eigenvalue weighted by Gasteiger charge is -1.93. The first-order chi connectivity index (χ1) is 6.79. The largest absolute Gasteiger partial charge is 0.339 e. The molecule has 4 heteroatoms. The highest BCUT2D eigenvalue weighted by atomic mass is 16.5. The zero-order valence-corrected chi connectivity index (χ0v) is 7.60. The van der Waals surface area contributed by atoms with Gasteiger partial charge in [-0.2, -0.15) is 4.98 Å². The van der Waals surface area contributed by atoms with Crippen molar-refractivity contribution in [2.45, 2.75) is 6.92 Å². The molecule has 0 aliphatic carbocycles. The summed E-state index contributed by atoms with van der Waals surface area (Å²) >= 11 is 0. The Morgan fingerprint density at radius 3 is 2.50 bits per heavy atom. The molecule has 2 rings (SSSR count). The highest BCUT2D eigenvalue weighted by Crippen LogP contribution is 2.15. The predicted octanol–water partition coefficient (Wildman–Crippen LogP) is 1.86. The average molecular weight is 188 g/mol. The van der Waals surface area contributed by atoms with Gasteiger partial charge in [-0.25, -0.2) is 0 Å². The lowest BCUT2D eigenvalue weighted by molar-refractivity contribution is 0.112. The minimum absolute atomic E-state index is 0.527. The van der Waals surface area contributed by atoms with Gasteiger partial charge in [0.15, 0.2) is 0 Å². The molecule has 0 N–H and O–H groups in total. The van der Waals surface area contributed by atoms with E-state index in [0.29, 0.717) is 17.3 Å². The maximum absolute atomic E-state index is 10.4. The van der Waals surface area contributed by atoms with Gasteiger partial charge < -0.3 is 4.52 Å². The molecule has 0 bridgehead atoms. The molecule has 14 heavy (non-hydrogen) atoms. The third-order valence-electron chi connectivity index (χ3n) is 1.83. The first kappa shape index (κ1) is 8.62. The smallest absolute Gasteiger partial charge is 0.223 e. The molecule has 1 heterocycles. The van der Waals surface area contributed by atoms with Gasteiger partial charge in [0.25, 0.3) is 0 Å². The summed E-state index contributed by atoms with van der Waals surface area (Å²) in [5, 5.41) is 3.77. The summed E-state index contributed by atoms with van der Waals surface area (Å²) in [4.78, 5) is 14.5. The quantitative estimate of drug-likeness (QED) is 0.675. The number of hydrogen-bond donors (Lipinski definition) is 0. The maximum Gasteiger partial charge on any atom is 0.223 e. The molecule has 2 aromatic rings. The molecule has 0 radical (unpaired) electrons. The summed E-state index contributed by atoms with van der Waals surface area (Å²) < 4.78 is 4.84. The van der Waals surface area contributed by atoms with E-state index in [1.54, 1.807) is 31.2 Å². The molecule has 1 aromatic heterocycles. The monoisotopic (exact) mass is 188 g/mol. The van der Waals surface area contributed by atoms with Crippen molar-refractivity contribution in [3.8, 4) is 11.4 Å². The Morgan fingerprint density at radius 1 is 1.29 bits per heavy atom. The van der Waals surface area contributed by atoms with Crippen LogP contribution in [0.25, 0.3) is 11.4 Å². The second kappa shape index (κ2) is 3.41. The first-order valence-corrected chi connectivity index (χ1v) is 4.15. The van der Waals surface area contributed by atoms with E-state index in [0.717, 1.165) is 11.8 Å². The van der Waals surface area contributed by atoms with Crippen LogP contribution < -0.4 is 0 Å². The number of aryl methyl sites for hydroxylation is 1. The average Bonchev–Trinajstić information content (AvgIpc) is 2.65. The molecule has 1 aromatic carbocycles. The van der Waals surface area contributed by atoms with Gasteiger partial charge in [-0.3, -0.25) is 4.79 Å². The fraction of sp³-hybridized carbons (Fsp3) is 0.100. The topological polar surface area (TPSA) is 56.0 Å². The Bertz CT molecular complexity index is 445. The summed E-state index contributed by atoms with van der Waals surface area (Å²) in [6, 6.07) is 7.00. The predicted molar refractivity (Wildman–Crippen MR) is 49.9 cm³/mol. The normalized spacial score (nSPS) is 10.1. The van der Waals surface area contributed by atoms with Crippen molar-refractivity contribution in [1.82, 2.24) is 10.1 Å². The van der Waals surface area contributed by atoms with Crippen LogP contribution in [0.15, 0.2) is 28.8 Å². The third kappa shape index (κ3) is 1.54. The van der Waals surface area contributed by atoms with Crippen LogP contribution >= 0.6 is 0 Å². The molecule has 0 fully saturated rings. The lowest BCUT2D eigenvalue weighted by Crippen LogP contribution is -1.82. The maximum atomic E-state index is 10.4. The van der Waals surface area contributed by atoms with Crippen molar-refractivity contribution >= 4 is 6.29 Å². The number of aromatic nitrogens is 2. The summed E-state index contributed by atoms with van der Waals surface area (Å²) in [5.74, 6) is 1.07. The molecule has 0 saturated carbocycles. The van der Waals surface area contributed by atoms with E-state index in [1.807, 2.05) is 0 Å². The van der Waals surface area contributed by atoms with Crippen LogP contribution in [0, 0.1) is 6.92 Å². The molecule has 0 atom stereocenters. The lowest BCUT2D eigenvalue weighted by atomic mass is 10.1. The van der Waals surface area contributed by atoms with Crippen molar-refractivity contribution in [2.75, 3.05) is 0 Å². The van der Waals surface area contributed by atoms with E-state index in [-0.39, 0.29) is 0 Å². The number of nitrogens with zero attached hydrogens (tertiary/aromatic N) is 2. The van der Waals surface area contributed by atoms with Gasteiger partial charge >= 0.3 is 0 Å². The second-order valence-corrected chi connectivity index (χ2v) is 2.88. The van der Waals surface area contributed by atoms with Gasteiger partial charge in [0.2, 0.25) is 11.7 Å².